The largest absolute Gasteiger partial charge is 0.491 e. The van der Waals surface area contributed by atoms with Crippen molar-refractivity contribution in [3.8, 4) is 5.75 Å². The molecular formula is C25H31ClO4. The summed E-state index contributed by atoms with van der Waals surface area (Å²) in [7, 11) is 1.72. The van der Waals surface area contributed by atoms with Crippen molar-refractivity contribution in [2.45, 2.75) is 63.4 Å². The van der Waals surface area contributed by atoms with Crippen molar-refractivity contribution >= 4 is 11.6 Å². The van der Waals surface area contributed by atoms with Gasteiger partial charge >= 0.3 is 0 Å². The Balaban J connectivity index is 1.41. The van der Waals surface area contributed by atoms with Gasteiger partial charge in [-0.1, -0.05) is 29.8 Å². The number of methoxy groups -OCH3 is 1. The molecular weight excluding hydrogens is 400 g/mol. The van der Waals surface area contributed by atoms with Crippen molar-refractivity contribution in [2.24, 2.45) is 0 Å². The van der Waals surface area contributed by atoms with E-state index in [9.17, 15) is 0 Å². The zero-order chi connectivity index (χ0) is 21.0. The number of ether oxygens (including phenoxy) is 4. The fourth-order valence-corrected chi connectivity index (χ4v) is 4.21. The minimum Gasteiger partial charge on any atom is -0.491 e. The molecule has 2 aromatic carbocycles. The summed E-state index contributed by atoms with van der Waals surface area (Å²) < 4.78 is 23.5. The van der Waals surface area contributed by atoms with E-state index in [0.717, 1.165) is 47.6 Å². The molecule has 4 rings (SSSR count). The molecule has 0 amide bonds. The maximum absolute atomic E-state index is 6.53. The van der Waals surface area contributed by atoms with Crippen LogP contribution in [0.5, 0.6) is 5.75 Å². The lowest BCUT2D eigenvalue weighted by atomic mass is 9.92. The van der Waals surface area contributed by atoms with Crippen LogP contribution in [0.15, 0.2) is 42.5 Å². The predicted octanol–water partition coefficient (Wildman–Crippen LogP) is 5.88. The Kier molecular flexibility index (Phi) is 6.99. The second kappa shape index (κ2) is 9.69. The topological polar surface area (TPSA) is 36.9 Å². The SMILES string of the molecule is COC1(c2ccc(Cl)c(Cc3ccc(OCCOC4CC4)cc3)c2)CCCC(C)O1. The average Bonchev–Trinajstić information content (AvgIpc) is 3.58. The summed E-state index contributed by atoms with van der Waals surface area (Å²) in [5, 5.41) is 0.756. The molecule has 30 heavy (non-hydrogen) atoms. The number of benzene rings is 2. The zero-order valence-corrected chi connectivity index (χ0v) is 18.6. The van der Waals surface area contributed by atoms with Gasteiger partial charge in [0.2, 0.25) is 0 Å². The molecule has 0 spiro atoms. The Morgan fingerprint density at radius 1 is 1.07 bits per heavy atom. The van der Waals surface area contributed by atoms with Crippen molar-refractivity contribution in [2.75, 3.05) is 20.3 Å². The average molecular weight is 431 g/mol. The van der Waals surface area contributed by atoms with E-state index in [1.54, 1.807) is 7.11 Å². The minimum absolute atomic E-state index is 0.181. The van der Waals surface area contributed by atoms with Crippen LogP contribution >= 0.6 is 11.6 Å². The molecule has 0 aromatic heterocycles. The lowest BCUT2D eigenvalue weighted by Crippen LogP contribution is -2.39. The van der Waals surface area contributed by atoms with Crippen molar-refractivity contribution in [3.05, 3.63) is 64.2 Å². The van der Waals surface area contributed by atoms with E-state index >= 15 is 0 Å². The third-order valence-electron chi connectivity index (χ3n) is 5.87. The lowest BCUT2D eigenvalue weighted by Gasteiger charge is -2.39. The van der Waals surface area contributed by atoms with E-state index in [1.165, 1.54) is 18.4 Å². The summed E-state index contributed by atoms with van der Waals surface area (Å²) in [6.07, 6.45) is 6.77. The molecule has 1 aliphatic carbocycles. The molecule has 2 fully saturated rings. The van der Waals surface area contributed by atoms with E-state index in [1.807, 2.05) is 24.3 Å². The molecule has 1 saturated carbocycles. The van der Waals surface area contributed by atoms with Gasteiger partial charge in [-0.2, -0.15) is 0 Å². The molecule has 2 aromatic rings. The van der Waals surface area contributed by atoms with Crippen LogP contribution in [-0.2, 0) is 26.4 Å². The van der Waals surface area contributed by atoms with Crippen LogP contribution in [0.25, 0.3) is 0 Å². The maximum Gasteiger partial charge on any atom is 0.194 e. The van der Waals surface area contributed by atoms with Gasteiger partial charge in [0.25, 0.3) is 0 Å². The first kappa shape index (κ1) is 21.6. The van der Waals surface area contributed by atoms with Gasteiger partial charge in [0.15, 0.2) is 5.79 Å². The molecule has 1 saturated heterocycles. The number of hydrogen-bond acceptors (Lipinski definition) is 4. The van der Waals surface area contributed by atoms with Gasteiger partial charge in [0.05, 0.1) is 18.8 Å². The Morgan fingerprint density at radius 3 is 2.57 bits per heavy atom. The van der Waals surface area contributed by atoms with E-state index in [0.29, 0.717) is 19.3 Å². The quantitative estimate of drug-likeness (QED) is 0.466. The number of rotatable bonds is 9. The van der Waals surface area contributed by atoms with E-state index in [2.05, 4.69) is 25.1 Å². The van der Waals surface area contributed by atoms with Gasteiger partial charge in [-0.05, 0) is 74.4 Å². The van der Waals surface area contributed by atoms with E-state index in [4.69, 9.17) is 30.5 Å². The van der Waals surface area contributed by atoms with Crippen molar-refractivity contribution < 1.29 is 18.9 Å². The van der Waals surface area contributed by atoms with Crippen LogP contribution < -0.4 is 4.74 Å². The monoisotopic (exact) mass is 430 g/mol. The first-order valence-electron chi connectivity index (χ1n) is 10.9. The summed E-state index contributed by atoms with van der Waals surface area (Å²) in [4.78, 5) is 0. The fraction of sp³-hybridized carbons (Fsp3) is 0.520. The van der Waals surface area contributed by atoms with Crippen LogP contribution in [-0.4, -0.2) is 32.5 Å². The fourth-order valence-electron chi connectivity index (χ4n) is 4.03. The Morgan fingerprint density at radius 2 is 1.87 bits per heavy atom. The maximum atomic E-state index is 6.53. The first-order chi connectivity index (χ1) is 14.6. The highest BCUT2D eigenvalue weighted by molar-refractivity contribution is 6.31. The van der Waals surface area contributed by atoms with Gasteiger partial charge < -0.3 is 18.9 Å². The molecule has 0 bridgehead atoms. The minimum atomic E-state index is -0.683. The Hall–Kier alpha value is -1.59. The highest BCUT2D eigenvalue weighted by atomic mass is 35.5. The molecule has 0 N–H and O–H groups in total. The van der Waals surface area contributed by atoms with Gasteiger partial charge in [0.1, 0.15) is 12.4 Å². The molecule has 162 valence electrons. The van der Waals surface area contributed by atoms with Crippen LogP contribution in [0, 0.1) is 0 Å². The summed E-state index contributed by atoms with van der Waals surface area (Å²) in [6.45, 7) is 3.34. The van der Waals surface area contributed by atoms with Gasteiger partial charge in [-0.3, -0.25) is 0 Å². The van der Waals surface area contributed by atoms with Gasteiger partial charge in [0, 0.05) is 24.1 Å². The summed E-state index contributed by atoms with van der Waals surface area (Å²) in [5.41, 5.74) is 3.28. The van der Waals surface area contributed by atoms with Gasteiger partial charge in [-0.25, -0.2) is 0 Å². The Bertz CT molecular complexity index is 834. The lowest BCUT2D eigenvalue weighted by molar-refractivity contribution is -0.274. The standard InChI is InChI=1S/C25H31ClO4/c1-18-4-3-13-25(27-2,30-18)21-7-12-24(26)20(17-21)16-19-5-8-22(9-6-19)28-14-15-29-23-10-11-23/h5-9,12,17-18,23H,3-4,10-11,13-16H2,1-2H3. The third kappa shape index (κ3) is 5.36. The van der Waals surface area contributed by atoms with Crippen molar-refractivity contribution in [1.82, 2.24) is 0 Å². The number of hydrogen-bond donors (Lipinski definition) is 0. The summed E-state index contributed by atoms with van der Waals surface area (Å²) >= 11 is 6.53. The van der Waals surface area contributed by atoms with Crippen molar-refractivity contribution in [1.29, 1.82) is 0 Å². The first-order valence-corrected chi connectivity index (χ1v) is 11.3. The van der Waals surface area contributed by atoms with E-state index < -0.39 is 5.79 Å². The van der Waals surface area contributed by atoms with Crippen LogP contribution in [0.3, 0.4) is 0 Å². The molecule has 2 unspecified atom stereocenters. The van der Waals surface area contributed by atoms with Crippen LogP contribution in [0.2, 0.25) is 5.02 Å². The zero-order valence-electron chi connectivity index (χ0n) is 17.9. The highest BCUT2D eigenvalue weighted by Gasteiger charge is 2.38. The van der Waals surface area contributed by atoms with Crippen LogP contribution in [0.1, 0.15) is 55.7 Å². The Labute approximate surface area is 184 Å². The van der Waals surface area contributed by atoms with Gasteiger partial charge in [-0.15, -0.1) is 0 Å². The van der Waals surface area contributed by atoms with Crippen molar-refractivity contribution in [3.63, 3.8) is 0 Å². The predicted molar refractivity (Wildman–Crippen MR) is 118 cm³/mol. The van der Waals surface area contributed by atoms with E-state index in [-0.39, 0.29) is 6.10 Å². The van der Waals surface area contributed by atoms with Crippen LogP contribution in [0.4, 0.5) is 0 Å². The summed E-state index contributed by atoms with van der Waals surface area (Å²) in [6, 6.07) is 14.3. The normalized spacial score (nSPS) is 24.0. The second-order valence-corrected chi connectivity index (χ2v) is 8.73. The molecule has 1 aliphatic heterocycles. The molecule has 4 nitrogen and oxygen atoms in total. The molecule has 1 heterocycles. The highest BCUT2D eigenvalue weighted by Crippen LogP contribution is 2.39. The smallest absolute Gasteiger partial charge is 0.194 e. The third-order valence-corrected chi connectivity index (χ3v) is 6.24. The second-order valence-electron chi connectivity index (χ2n) is 8.32. The summed E-state index contributed by atoms with van der Waals surface area (Å²) in [5.74, 6) is 0.179. The molecule has 2 aliphatic rings. The number of halogens is 1. The molecule has 5 heteroatoms. The molecule has 2 atom stereocenters. The molecule has 0 radical (unpaired) electrons.